The van der Waals surface area contributed by atoms with Crippen LogP contribution >= 0.6 is 34.8 Å². The second-order valence-corrected chi connectivity index (χ2v) is 5.48. The molecule has 0 saturated carbocycles. The third kappa shape index (κ3) is 2.83. The summed E-state index contributed by atoms with van der Waals surface area (Å²) in [6.07, 6.45) is 1.40. The molecule has 0 amide bonds. The minimum atomic E-state index is 0.333. The zero-order valence-corrected chi connectivity index (χ0v) is 12.7. The highest BCUT2D eigenvalue weighted by molar-refractivity contribution is 6.43. The van der Waals surface area contributed by atoms with Gasteiger partial charge in [0.1, 0.15) is 12.1 Å². The van der Waals surface area contributed by atoms with Crippen molar-refractivity contribution in [3.8, 4) is 11.6 Å². The van der Waals surface area contributed by atoms with Crippen LogP contribution < -0.4 is 10.5 Å². The number of hydrogen-bond acceptors (Lipinski definition) is 4. The van der Waals surface area contributed by atoms with Gasteiger partial charge in [0, 0.05) is 11.8 Å². The van der Waals surface area contributed by atoms with E-state index in [2.05, 4.69) is 9.97 Å². The van der Waals surface area contributed by atoms with Gasteiger partial charge in [-0.3, -0.25) is 0 Å². The molecule has 0 atom stereocenters. The Bertz CT molecular complexity index is 839. The first-order valence-electron chi connectivity index (χ1n) is 5.87. The Morgan fingerprint density at radius 3 is 2.48 bits per heavy atom. The predicted octanol–water partition coefficient (Wildman–Crippen LogP) is 4.96. The van der Waals surface area contributed by atoms with Crippen molar-refractivity contribution in [1.29, 1.82) is 0 Å². The third-order valence-electron chi connectivity index (χ3n) is 2.80. The molecule has 0 aliphatic heterocycles. The third-order valence-corrected chi connectivity index (χ3v) is 3.82. The molecule has 21 heavy (non-hydrogen) atoms. The quantitative estimate of drug-likeness (QED) is 0.529. The highest BCUT2D eigenvalue weighted by Gasteiger charge is 2.11. The van der Waals surface area contributed by atoms with Crippen LogP contribution in [-0.4, -0.2) is 9.97 Å². The van der Waals surface area contributed by atoms with Crippen LogP contribution in [0.15, 0.2) is 36.7 Å². The van der Waals surface area contributed by atoms with Crippen LogP contribution in [0.2, 0.25) is 15.1 Å². The van der Waals surface area contributed by atoms with Crippen molar-refractivity contribution in [2.75, 3.05) is 5.73 Å². The second kappa shape index (κ2) is 5.56. The molecular formula is C14H8Cl3N3O. The van der Waals surface area contributed by atoms with Gasteiger partial charge in [0.05, 0.1) is 26.0 Å². The van der Waals surface area contributed by atoms with Crippen molar-refractivity contribution in [3.63, 3.8) is 0 Å². The lowest BCUT2D eigenvalue weighted by atomic mass is 10.2. The average molecular weight is 341 g/mol. The van der Waals surface area contributed by atoms with Gasteiger partial charge < -0.3 is 10.5 Å². The molecule has 3 rings (SSSR count). The number of nitrogen functional groups attached to an aromatic ring is 1. The van der Waals surface area contributed by atoms with E-state index in [1.165, 1.54) is 18.5 Å². The minimum absolute atomic E-state index is 0.333. The van der Waals surface area contributed by atoms with Crippen LogP contribution in [0.25, 0.3) is 10.9 Å². The van der Waals surface area contributed by atoms with Crippen LogP contribution in [-0.2, 0) is 0 Å². The maximum atomic E-state index is 6.10. The monoisotopic (exact) mass is 339 g/mol. The van der Waals surface area contributed by atoms with E-state index in [-0.39, 0.29) is 0 Å². The lowest BCUT2D eigenvalue weighted by Crippen LogP contribution is -1.93. The SMILES string of the molecule is Nc1ccc2ncnc(Oc3cc(Cl)c(Cl)cc3Cl)c2c1. The van der Waals surface area contributed by atoms with Gasteiger partial charge in [0.2, 0.25) is 5.88 Å². The summed E-state index contributed by atoms with van der Waals surface area (Å²) in [5.74, 6) is 0.695. The minimum Gasteiger partial charge on any atom is -0.437 e. The molecule has 4 nitrogen and oxygen atoms in total. The van der Waals surface area contributed by atoms with Gasteiger partial charge in [-0.15, -0.1) is 0 Å². The molecule has 0 aliphatic carbocycles. The Labute approximate surface area is 135 Å². The molecule has 0 aliphatic rings. The number of rotatable bonds is 2. The van der Waals surface area contributed by atoms with E-state index in [1.807, 2.05) is 0 Å². The summed E-state index contributed by atoms with van der Waals surface area (Å²) in [6.45, 7) is 0. The molecule has 0 saturated heterocycles. The standard InChI is InChI=1S/C14H8Cl3N3O/c15-9-4-11(17)13(5-10(9)16)21-14-8-3-7(18)1-2-12(8)19-6-20-14/h1-6H,18H2. The number of hydrogen-bond donors (Lipinski definition) is 1. The van der Waals surface area contributed by atoms with Crippen LogP contribution in [0.3, 0.4) is 0 Å². The normalized spacial score (nSPS) is 10.8. The topological polar surface area (TPSA) is 61.0 Å². The Balaban J connectivity index is 2.10. The lowest BCUT2D eigenvalue weighted by Gasteiger charge is -2.10. The molecule has 7 heteroatoms. The summed E-state index contributed by atoms with van der Waals surface area (Å²) in [4.78, 5) is 8.26. The summed E-state index contributed by atoms with van der Waals surface area (Å²) in [6, 6.07) is 8.32. The fraction of sp³-hybridized carbons (Fsp3) is 0. The largest absolute Gasteiger partial charge is 0.437 e. The average Bonchev–Trinajstić information content (AvgIpc) is 2.45. The zero-order chi connectivity index (χ0) is 15.0. The molecule has 0 unspecified atom stereocenters. The summed E-state index contributed by atoms with van der Waals surface area (Å²) in [5, 5.41) is 1.71. The summed E-state index contributed by atoms with van der Waals surface area (Å²) < 4.78 is 5.73. The highest BCUT2D eigenvalue weighted by Crippen LogP contribution is 2.37. The Morgan fingerprint density at radius 2 is 1.67 bits per heavy atom. The number of benzene rings is 2. The van der Waals surface area contributed by atoms with Crippen LogP contribution in [0.5, 0.6) is 11.6 Å². The molecule has 2 aromatic carbocycles. The molecule has 106 valence electrons. The van der Waals surface area contributed by atoms with Crippen molar-refractivity contribution < 1.29 is 4.74 Å². The van der Waals surface area contributed by atoms with Crippen molar-refractivity contribution in [1.82, 2.24) is 9.97 Å². The first-order chi connectivity index (χ1) is 10.0. The van der Waals surface area contributed by atoms with Crippen LogP contribution in [0.1, 0.15) is 0 Å². The number of aromatic nitrogens is 2. The van der Waals surface area contributed by atoms with Gasteiger partial charge in [-0.2, -0.15) is 0 Å². The number of fused-ring (bicyclic) bond motifs is 1. The van der Waals surface area contributed by atoms with E-state index >= 15 is 0 Å². The maximum absolute atomic E-state index is 6.10. The van der Waals surface area contributed by atoms with Crippen molar-refractivity contribution in [2.24, 2.45) is 0 Å². The first-order valence-corrected chi connectivity index (χ1v) is 7.00. The van der Waals surface area contributed by atoms with E-state index in [1.54, 1.807) is 18.2 Å². The van der Waals surface area contributed by atoms with E-state index in [0.29, 0.717) is 43.3 Å². The Hall–Kier alpha value is -1.75. The number of anilines is 1. The van der Waals surface area contributed by atoms with Crippen molar-refractivity contribution in [3.05, 3.63) is 51.7 Å². The molecule has 0 fully saturated rings. The van der Waals surface area contributed by atoms with Gasteiger partial charge in [-0.25, -0.2) is 9.97 Å². The zero-order valence-electron chi connectivity index (χ0n) is 10.5. The van der Waals surface area contributed by atoms with Gasteiger partial charge in [0.25, 0.3) is 0 Å². The molecular weight excluding hydrogens is 333 g/mol. The molecule has 1 heterocycles. The Kier molecular flexibility index (Phi) is 3.76. The van der Waals surface area contributed by atoms with Crippen molar-refractivity contribution in [2.45, 2.75) is 0 Å². The van der Waals surface area contributed by atoms with Gasteiger partial charge in [-0.05, 0) is 24.3 Å². The number of halogens is 3. The van der Waals surface area contributed by atoms with Gasteiger partial charge in [0.15, 0.2) is 0 Å². The molecule has 0 radical (unpaired) electrons. The predicted molar refractivity (Wildman–Crippen MR) is 85.5 cm³/mol. The number of ether oxygens (including phenoxy) is 1. The first kappa shape index (κ1) is 14.2. The fourth-order valence-corrected chi connectivity index (χ4v) is 2.39. The molecule has 2 N–H and O–H groups in total. The van der Waals surface area contributed by atoms with Crippen molar-refractivity contribution >= 4 is 51.4 Å². The lowest BCUT2D eigenvalue weighted by molar-refractivity contribution is 0.468. The summed E-state index contributed by atoms with van der Waals surface area (Å²) in [5.41, 5.74) is 7.08. The van der Waals surface area contributed by atoms with E-state index in [9.17, 15) is 0 Å². The Morgan fingerprint density at radius 1 is 0.905 bits per heavy atom. The van der Waals surface area contributed by atoms with E-state index in [4.69, 9.17) is 45.3 Å². The summed E-state index contributed by atoms with van der Waals surface area (Å²) >= 11 is 18.0. The summed E-state index contributed by atoms with van der Waals surface area (Å²) in [7, 11) is 0. The van der Waals surface area contributed by atoms with E-state index < -0.39 is 0 Å². The van der Waals surface area contributed by atoms with Crippen LogP contribution in [0.4, 0.5) is 5.69 Å². The molecule has 0 spiro atoms. The maximum Gasteiger partial charge on any atom is 0.230 e. The molecule has 0 bridgehead atoms. The number of nitrogens with two attached hydrogens (primary N) is 1. The van der Waals surface area contributed by atoms with E-state index in [0.717, 1.165) is 0 Å². The fourth-order valence-electron chi connectivity index (χ4n) is 1.82. The molecule has 1 aromatic heterocycles. The van der Waals surface area contributed by atoms with Gasteiger partial charge >= 0.3 is 0 Å². The van der Waals surface area contributed by atoms with Crippen LogP contribution in [0, 0.1) is 0 Å². The molecule has 3 aromatic rings. The smallest absolute Gasteiger partial charge is 0.230 e. The van der Waals surface area contributed by atoms with Gasteiger partial charge in [-0.1, -0.05) is 34.8 Å². The number of nitrogens with zero attached hydrogens (tertiary/aromatic N) is 2. The second-order valence-electron chi connectivity index (χ2n) is 4.25. The highest BCUT2D eigenvalue weighted by atomic mass is 35.5.